The van der Waals surface area contributed by atoms with Crippen molar-refractivity contribution in [3.63, 3.8) is 0 Å². The lowest BCUT2D eigenvalue weighted by atomic mass is 10.2. The normalized spacial score (nSPS) is 13.4. The van der Waals surface area contributed by atoms with Crippen molar-refractivity contribution in [1.29, 1.82) is 0 Å². The number of furan rings is 1. The van der Waals surface area contributed by atoms with Crippen LogP contribution in [0.15, 0.2) is 53.1 Å². The number of hydrogen-bond acceptors (Lipinski definition) is 4. The first-order valence-corrected chi connectivity index (χ1v) is 8.43. The minimum Gasteiger partial charge on any atom is -0.469 e. The van der Waals surface area contributed by atoms with E-state index in [0.29, 0.717) is 22.9 Å². The van der Waals surface area contributed by atoms with Crippen LogP contribution in [0.3, 0.4) is 0 Å². The Bertz CT molecular complexity index is 954. The number of rotatable bonds is 4. The van der Waals surface area contributed by atoms with Gasteiger partial charge in [0.25, 0.3) is 11.8 Å². The molecule has 4 rings (SSSR count). The number of aryl methyl sites for hydroxylation is 1. The van der Waals surface area contributed by atoms with E-state index in [4.69, 9.17) is 4.42 Å². The number of hydrogen-bond donors (Lipinski definition) is 2. The van der Waals surface area contributed by atoms with Crippen LogP contribution in [0.25, 0.3) is 5.69 Å². The third kappa shape index (κ3) is 3.11. The third-order valence-electron chi connectivity index (χ3n) is 4.35. The van der Waals surface area contributed by atoms with Gasteiger partial charge in [0.2, 0.25) is 0 Å². The van der Waals surface area contributed by atoms with Gasteiger partial charge < -0.3 is 4.42 Å². The molecule has 1 fully saturated rings. The zero-order chi connectivity index (χ0) is 18.1. The summed E-state index contributed by atoms with van der Waals surface area (Å²) >= 11 is 0. The highest BCUT2D eigenvalue weighted by atomic mass is 16.3. The molecule has 0 spiro atoms. The minimum absolute atomic E-state index is 0.375. The van der Waals surface area contributed by atoms with Crippen LogP contribution in [0.4, 0.5) is 0 Å². The summed E-state index contributed by atoms with van der Waals surface area (Å²) in [6.07, 6.45) is 3.60. The summed E-state index contributed by atoms with van der Waals surface area (Å²) in [6, 6.07) is 12.8. The zero-order valence-corrected chi connectivity index (χ0v) is 14.2. The van der Waals surface area contributed by atoms with Gasteiger partial charge in [-0.2, -0.15) is 5.10 Å². The number of nitrogens with one attached hydrogen (secondary N) is 2. The van der Waals surface area contributed by atoms with Gasteiger partial charge in [-0.25, -0.2) is 4.68 Å². The van der Waals surface area contributed by atoms with E-state index in [2.05, 4.69) is 16.0 Å². The summed E-state index contributed by atoms with van der Waals surface area (Å²) in [5, 5.41) is 4.58. The van der Waals surface area contributed by atoms with Gasteiger partial charge in [0, 0.05) is 5.92 Å². The Labute approximate surface area is 150 Å². The summed E-state index contributed by atoms with van der Waals surface area (Å²) in [7, 11) is 0. The van der Waals surface area contributed by atoms with Gasteiger partial charge in [-0.05, 0) is 44.0 Å². The fraction of sp³-hybridized carbons (Fsp3) is 0.211. The highest BCUT2D eigenvalue weighted by Gasteiger charge is 2.29. The molecule has 0 aliphatic heterocycles. The number of hydrazine groups is 1. The zero-order valence-electron chi connectivity index (χ0n) is 14.2. The Balaban J connectivity index is 1.55. The van der Waals surface area contributed by atoms with E-state index >= 15 is 0 Å². The second-order valence-electron chi connectivity index (χ2n) is 6.27. The number of nitrogens with zero attached hydrogens (tertiary/aromatic N) is 2. The van der Waals surface area contributed by atoms with Crippen LogP contribution in [0.5, 0.6) is 0 Å². The lowest BCUT2D eigenvalue weighted by molar-refractivity contribution is 0.0841. The first kappa shape index (κ1) is 16.1. The first-order valence-electron chi connectivity index (χ1n) is 8.43. The quantitative estimate of drug-likeness (QED) is 0.708. The first-order chi connectivity index (χ1) is 12.6. The molecular formula is C19H18N4O3. The molecule has 3 aromatic rings. The lowest BCUT2D eigenvalue weighted by Gasteiger charge is -2.09. The molecule has 2 heterocycles. The predicted molar refractivity (Wildman–Crippen MR) is 93.9 cm³/mol. The van der Waals surface area contributed by atoms with Crippen LogP contribution >= 0.6 is 0 Å². The Hall–Kier alpha value is -3.35. The average Bonchev–Trinajstić information content (AvgIpc) is 3.26. The largest absolute Gasteiger partial charge is 0.469 e. The average molecular weight is 350 g/mol. The summed E-state index contributed by atoms with van der Waals surface area (Å²) in [5.74, 6) is 0.0392. The molecule has 2 aromatic heterocycles. The van der Waals surface area contributed by atoms with Crippen molar-refractivity contribution in [2.75, 3.05) is 0 Å². The van der Waals surface area contributed by atoms with Gasteiger partial charge in [0.1, 0.15) is 11.5 Å². The van der Waals surface area contributed by atoms with Gasteiger partial charge in [0.05, 0.1) is 23.2 Å². The Morgan fingerprint density at radius 1 is 1.12 bits per heavy atom. The fourth-order valence-electron chi connectivity index (χ4n) is 2.77. The highest BCUT2D eigenvalue weighted by Crippen LogP contribution is 2.39. The number of carbonyl (C=O) groups is 2. The molecular weight excluding hydrogens is 332 g/mol. The number of benzene rings is 1. The standard InChI is InChI=1S/C19H18N4O3/c1-12-15(9-10-26-12)18(24)20-21-19(25)17-11-16(13-7-8-13)22-23(17)14-5-3-2-4-6-14/h2-6,9-11,13H,7-8H2,1H3,(H,20,24)(H,21,25). The van der Waals surface area contributed by atoms with E-state index in [1.165, 1.54) is 6.26 Å². The van der Waals surface area contributed by atoms with Gasteiger partial charge in [-0.1, -0.05) is 18.2 Å². The summed E-state index contributed by atoms with van der Waals surface area (Å²) in [4.78, 5) is 24.8. The number of para-hydroxylation sites is 1. The molecule has 7 nitrogen and oxygen atoms in total. The van der Waals surface area contributed by atoms with Crippen LogP contribution in [0.2, 0.25) is 0 Å². The Morgan fingerprint density at radius 3 is 2.50 bits per heavy atom. The molecule has 2 amide bonds. The molecule has 0 atom stereocenters. The van der Waals surface area contributed by atoms with Gasteiger partial charge in [-0.3, -0.25) is 20.4 Å². The van der Waals surface area contributed by atoms with Crippen molar-refractivity contribution in [3.8, 4) is 5.69 Å². The lowest BCUT2D eigenvalue weighted by Crippen LogP contribution is -2.42. The van der Waals surface area contributed by atoms with E-state index in [1.807, 2.05) is 30.3 Å². The second-order valence-corrected chi connectivity index (χ2v) is 6.27. The molecule has 0 radical (unpaired) electrons. The third-order valence-corrected chi connectivity index (χ3v) is 4.35. The van der Waals surface area contributed by atoms with Gasteiger partial charge in [0.15, 0.2) is 0 Å². The fourth-order valence-corrected chi connectivity index (χ4v) is 2.77. The molecule has 1 aliphatic rings. The van der Waals surface area contributed by atoms with Crippen molar-refractivity contribution in [1.82, 2.24) is 20.6 Å². The molecule has 1 aromatic carbocycles. The molecule has 26 heavy (non-hydrogen) atoms. The SMILES string of the molecule is Cc1occc1C(=O)NNC(=O)c1cc(C2CC2)nn1-c1ccccc1. The molecule has 0 saturated heterocycles. The Morgan fingerprint density at radius 2 is 1.85 bits per heavy atom. The van der Waals surface area contributed by atoms with Crippen molar-refractivity contribution in [3.05, 3.63) is 71.4 Å². The predicted octanol–water partition coefficient (Wildman–Crippen LogP) is 2.73. The molecule has 2 N–H and O–H groups in total. The maximum absolute atomic E-state index is 12.6. The van der Waals surface area contributed by atoms with Crippen molar-refractivity contribution in [2.24, 2.45) is 0 Å². The van der Waals surface area contributed by atoms with E-state index in [9.17, 15) is 9.59 Å². The van der Waals surface area contributed by atoms with Gasteiger partial charge >= 0.3 is 0 Å². The van der Waals surface area contributed by atoms with Crippen LogP contribution in [0.1, 0.15) is 51.1 Å². The summed E-state index contributed by atoms with van der Waals surface area (Å²) in [5.41, 5.74) is 7.32. The maximum Gasteiger partial charge on any atom is 0.288 e. The van der Waals surface area contributed by atoms with E-state index < -0.39 is 11.8 Å². The topological polar surface area (TPSA) is 89.2 Å². The van der Waals surface area contributed by atoms with Crippen molar-refractivity contribution < 1.29 is 14.0 Å². The summed E-state index contributed by atoms with van der Waals surface area (Å²) < 4.78 is 6.71. The van der Waals surface area contributed by atoms with E-state index in [0.717, 1.165) is 24.2 Å². The number of carbonyl (C=O) groups excluding carboxylic acids is 2. The number of aromatic nitrogens is 2. The number of amides is 2. The van der Waals surface area contributed by atoms with E-state index in [1.54, 1.807) is 23.7 Å². The smallest absolute Gasteiger partial charge is 0.288 e. The van der Waals surface area contributed by atoms with Crippen LogP contribution in [-0.4, -0.2) is 21.6 Å². The van der Waals surface area contributed by atoms with Crippen molar-refractivity contribution in [2.45, 2.75) is 25.7 Å². The Kier molecular flexibility index (Phi) is 4.04. The minimum atomic E-state index is -0.433. The second kappa shape index (κ2) is 6.51. The molecule has 0 unspecified atom stereocenters. The monoisotopic (exact) mass is 350 g/mol. The van der Waals surface area contributed by atoms with E-state index in [-0.39, 0.29) is 0 Å². The molecule has 7 heteroatoms. The molecule has 1 saturated carbocycles. The summed E-state index contributed by atoms with van der Waals surface area (Å²) in [6.45, 7) is 1.68. The van der Waals surface area contributed by atoms with Crippen molar-refractivity contribution >= 4 is 11.8 Å². The van der Waals surface area contributed by atoms with Crippen LogP contribution in [-0.2, 0) is 0 Å². The maximum atomic E-state index is 12.6. The molecule has 0 bridgehead atoms. The van der Waals surface area contributed by atoms with Gasteiger partial charge in [-0.15, -0.1) is 0 Å². The van der Waals surface area contributed by atoms with Crippen LogP contribution < -0.4 is 10.9 Å². The molecule has 1 aliphatic carbocycles. The highest BCUT2D eigenvalue weighted by molar-refractivity contribution is 5.99. The molecule has 132 valence electrons. The van der Waals surface area contributed by atoms with Crippen LogP contribution in [0, 0.1) is 6.92 Å².